The van der Waals surface area contributed by atoms with Crippen molar-refractivity contribution in [3.05, 3.63) is 40.4 Å². The molecule has 2 heterocycles. The second kappa shape index (κ2) is 6.16. The fourth-order valence-electron chi connectivity index (χ4n) is 2.04. The first kappa shape index (κ1) is 14.0. The number of nitrogens with zero attached hydrogens (tertiary/aromatic N) is 3. The van der Waals surface area contributed by atoms with E-state index in [0.717, 1.165) is 28.7 Å². The zero-order valence-corrected chi connectivity index (χ0v) is 12.6. The van der Waals surface area contributed by atoms with E-state index in [2.05, 4.69) is 32.9 Å². The molecule has 6 heteroatoms. The van der Waals surface area contributed by atoms with E-state index >= 15 is 0 Å². The smallest absolute Gasteiger partial charge is 0.142 e. The lowest BCUT2D eigenvalue weighted by Gasteiger charge is -2.17. The maximum absolute atomic E-state index is 6.37. The van der Waals surface area contributed by atoms with Crippen LogP contribution >= 0.6 is 15.9 Å². The van der Waals surface area contributed by atoms with Crippen LogP contribution in [0.5, 0.6) is 5.75 Å². The van der Waals surface area contributed by atoms with Gasteiger partial charge in [-0.05, 0) is 28.4 Å². The normalized spacial score (nSPS) is 12.4. The SMILES string of the molecule is CCCn1ncc(Br)c1C(N)c1ccncc1OC. The lowest BCUT2D eigenvalue weighted by molar-refractivity contribution is 0.404. The van der Waals surface area contributed by atoms with Crippen molar-refractivity contribution in [3.8, 4) is 5.75 Å². The number of pyridine rings is 1. The molecule has 1 atom stereocenters. The zero-order chi connectivity index (χ0) is 13.8. The summed E-state index contributed by atoms with van der Waals surface area (Å²) in [5.74, 6) is 0.686. The molecule has 2 N–H and O–H groups in total. The molecule has 0 bridgehead atoms. The number of hydrogen-bond acceptors (Lipinski definition) is 4. The van der Waals surface area contributed by atoms with Crippen LogP contribution in [-0.4, -0.2) is 21.9 Å². The average molecular weight is 325 g/mol. The third-order valence-electron chi connectivity index (χ3n) is 2.93. The maximum atomic E-state index is 6.37. The number of nitrogens with two attached hydrogens (primary N) is 1. The standard InChI is InChI=1S/C13H17BrN4O/c1-3-6-18-13(10(14)7-17-18)12(15)9-4-5-16-8-11(9)19-2/h4-5,7-8,12H,3,6,15H2,1-2H3. The van der Waals surface area contributed by atoms with Crippen LogP contribution in [0.15, 0.2) is 29.1 Å². The molecule has 0 saturated heterocycles. The summed E-state index contributed by atoms with van der Waals surface area (Å²) in [6.07, 6.45) is 6.16. The Labute approximate surface area is 120 Å². The number of aromatic nitrogens is 3. The Morgan fingerprint density at radius 1 is 1.47 bits per heavy atom. The van der Waals surface area contributed by atoms with Crippen molar-refractivity contribution in [3.63, 3.8) is 0 Å². The van der Waals surface area contributed by atoms with Gasteiger partial charge in [0.15, 0.2) is 0 Å². The van der Waals surface area contributed by atoms with Crippen molar-refractivity contribution >= 4 is 15.9 Å². The third-order valence-corrected chi connectivity index (χ3v) is 3.55. The summed E-state index contributed by atoms with van der Waals surface area (Å²) in [4.78, 5) is 4.05. The van der Waals surface area contributed by atoms with Gasteiger partial charge in [-0.25, -0.2) is 0 Å². The number of halogens is 1. The van der Waals surface area contributed by atoms with E-state index in [0.29, 0.717) is 5.75 Å². The molecule has 0 aliphatic heterocycles. The molecule has 1 unspecified atom stereocenters. The van der Waals surface area contributed by atoms with Crippen LogP contribution in [0.4, 0.5) is 0 Å². The van der Waals surface area contributed by atoms with Gasteiger partial charge in [-0.2, -0.15) is 5.10 Å². The second-order valence-electron chi connectivity index (χ2n) is 4.20. The van der Waals surface area contributed by atoms with Gasteiger partial charge in [0.2, 0.25) is 0 Å². The van der Waals surface area contributed by atoms with Gasteiger partial charge < -0.3 is 10.5 Å². The van der Waals surface area contributed by atoms with Crippen molar-refractivity contribution < 1.29 is 4.74 Å². The molecule has 0 aromatic carbocycles. The summed E-state index contributed by atoms with van der Waals surface area (Å²) >= 11 is 3.51. The number of methoxy groups -OCH3 is 1. The van der Waals surface area contributed by atoms with E-state index < -0.39 is 0 Å². The Morgan fingerprint density at radius 2 is 2.26 bits per heavy atom. The first-order valence-electron chi connectivity index (χ1n) is 6.13. The van der Waals surface area contributed by atoms with Crippen molar-refractivity contribution in [1.29, 1.82) is 0 Å². The van der Waals surface area contributed by atoms with Crippen molar-refractivity contribution in [1.82, 2.24) is 14.8 Å². The zero-order valence-electron chi connectivity index (χ0n) is 11.0. The van der Waals surface area contributed by atoms with Gasteiger partial charge in [-0.15, -0.1) is 0 Å². The topological polar surface area (TPSA) is 66.0 Å². The van der Waals surface area contributed by atoms with Gasteiger partial charge >= 0.3 is 0 Å². The van der Waals surface area contributed by atoms with Gasteiger partial charge in [0.1, 0.15) is 5.75 Å². The highest BCUT2D eigenvalue weighted by atomic mass is 79.9. The third kappa shape index (κ3) is 2.79. The Morgan fingerprint density at radius 3 is 2.95 bits per heavy atom. The largest absolute Gasteiger partial charge is 0.495 e. The Bertz CT molecular complexity index is 555. The highest BCUT2D eigenvalue weighted by Crippen LogP contribution is 2.31. The minimum absolute atomic E-state index is 0.304. The first-order valence-corrected chi connectivity index (χ1v) is 6.93. The minimum atomic E-state index is -0.304. The summed E-state index contributed by atoms with van der Waals surface area (Å²) in [6.45, 7) is 2.94. The molecular formula is C13H17BrN4O. The molecule has 2 aromatic rings. The summed E-state index contributed by atoms with van der Waals surface area (Å²) in [5.41, 5.74) is 8.22. The highest BCUT2D eigenvalue weighted by molar-refractivity contribution is 9.10. The quantitative estimate of drug-likeness (QED) is 0.917. The average Bonchev–Trinajstić information content (AvgIpc) is 2.79. The van der Waals surface area contributed by atoms with Gasteiger partial charge in [0, 0.05) is 18.3 Å². The number of rotatable bonds is 5. The molecule has 0 fully saturated rings. The molecule has 102 valence electrons. The molecular weight excluding hydrogens is 308 g/mol. The summed E-state index contributed by atoms with van der Waals surface area (Å²) < 4.78 is 8.15. The monoisotopic (exact) mass is 324 g/mol. The molecule has 0 aliphatic carbocycles. The van der Waals surface area contributed by atoms with Crippen molar-refractivity contribution in [2.75, 3.05) is 7.11 Å². The fraction of sp³-hybridized carbons (Fsp3) is 0.385. The van der Waals surface area contributed by atoms with E-state index in [-0.39, 0.29) is 6.04 Å². The van der Waals surface area contributed by atoms with E-state index in [1.807, 2.05) is 10.7 Å². The Kier molecular flexibility index (Phi) is 4.55. The van der Waals surface area contributed by atoms with Crippen LogP contribution in [0.25, 0.3) is 0 Å². The molecule has 0 spiro atoms. The molecule has 0 radical (unpaired) electrons. The van der Waals surface area contributed by atoms with Gasteiger partial charge in [0.05, 0.1) is 35.7 Å². The lowest BCUT2D eigenvalue weighted by atomic mass is 10.1. The van der Waals surface area contributed by atoms with Crippen molar-refractivity contribution in [2.45, 2.75) is 25.9 Å². The molecule has 0 saturated carbocycles. The molecule has 0 amide bonds. The predicted octanol–water partition coefficient (Wildman–Crippen LogP) is 2.51. The van der Waals surface area contributed by atoms with Crippen LogP contribution in [0.2, 0.25) is 0 Å². The van der Waals surface area contributed by atoms with Crippen LogP contribution in [-0.2, 0) is 6.54 Å². The molecule has 0 aliphatic rings. The van der Waals surface area contributed by atoms with Gasteiger partial charge in [-0.1, -0.05) is 6.92 Å². The summed E-state index contributed by atoms with van der Waals surface area (Å²) in [7, 11) is 1.62. The maximum Gasteiger partial charge on any atom is 0.142 e. The van der Waals surface area contributed by atoms with E-state index in [9.17, 15) is 0 Å². The molecule has 5 nitrogen and oxygen atoms in total. The first-order chi connectivity index (χ1) is 9.19. The van der Waals surface area contributed by atoms with E-state index in [4.69, 9.17) is 10.5 Å². The highest BCUT2D eigenvalue weighted by Gasteiger charge is 2.21. The Hall–Kier alpha value is -1.40. The Balaban J connectivity index is 2.43. The molecule has 2 aromatic heterocycles. The molecule has 2 rings (SSSR count). The van der Waals surface area contributed by atoms with Crippen LogP contribution in [0.1, 0.15) is 30.6 Å². The van der Waals surface area contributed by atoms with Crippen LogP contribution < -0.4 is 10.5 Å². The lowest BCUT2D eigenvalue weighted by Crippen LogP contribution is -2.19. The van der Waals surface area contributed by atoms with Gasteiger partial charge in [-0.3, -0.25) is 9.67 Å². The number of ether oxygens (including phenoxy) is 1. The van der Waals surface area contributed by atoms with E-state index in [1.165, 1.54) is 0 Å². The predicted molar refractivity (Wildman–Crippen MR) is 77.0 cm³/mol. The number of aryl methyl sites for hydroxylation is 1. The van der Waals surface area contributed by atoms with Crippen molar-refractivity contribution in [2.24, 2.45) is 5.73 Å². The molecule has 19 heavy (non-hydrogen) atoms. The fourth-order valence-corrected chi connectivity index (χ4v) is 2.58. The van der Waals surface area contributed by atoms with Crippen LogP contribution in [0.3, 0.4) is 0 Å². The van der Waals surface area contributed by atoms with Crippen LogP contribution in [0, 0.1) is 0 Å². The van der Waals surface area contributed by atoms with E-state index in [1.54, 1.807) is 25.7 Å². The second-order valence-corrected chi connectivity index (χ2v) is 5.05. The summed E-state index contributed by atoms with van der Waals surface area (Å²) in [6, 6.07) is 1.57. The number of hydrogen-bond donors (Lipinski definition) is 1. The minimum Gasteiger partial charge on any atom is -0.495 e. The van der Waals surface area contributed by atoms with Gasteiger partial charge in [0.25, 0.3) is 0 Å². The summed E-state index contributed by atoms with van der Waals surface area (Å²) in [5, 5.41) is 4.34.